The van der Waals surface area contributed by atoms with E-state index in [-0.39, 0.29) is 44.8 Å². The Hall–Kier alpha value is -5.10. The van der Waals surface area contributed by atoms with Gasteiger partial charge in [-0.15, -0.1) is 0 Å². The number of nitrogens with zero attached hydrogens (tertiary/aromatic N) is 1. The number of aromatic amines is 1. The first-order valence-corrected chi connectivity index (χ1v) is 15.7. The molecule has 1 aromatic heterocycles. The van der Waals surface area contributed by atoms with Crippen LogP contribution in [0.1, 0.15) is 25.0 Å². The summed E-state index contributed by atoms with van der Waals surface area (Å²) in [6.45, 7) is 4.36. The smallest absolute Gasteiger partial charge is 0.219 e. The lowest BCUT2D eigenvalue weighted by Gasteiger charge is -2.24. The summed E-state index contributed by atoms with van der Waals surface area (Å²) in [4.78, 5) is 27.6. The van der Waals surface area contributed by atoms with Crippen LogP contribution >= 0.6 is 0 Å². The van der Waals surface area contributed by atoms with Gasteiger partial charge in [0.05, 0.1) is 38.4 Å². The predicted octanol–water partition coefficient (Wildman–Crippen LogP) is 4.17. The number of rotatable bonds is 15. The standard InChI is InChI=1S/C26H28N2O5.C11H15NO3/c1-18(30)28(13-14-32-24-11-5-2-7-19(24)16-29)15-20(31)17-33-25-12-6-10-23-26(25)21-8-3-4-9-22(21)27-23;1-9(14)12-6-7-15-11-5-3-2-4-10(11)8-13/h2-12,20,27,29,31H,13-17H2,1H3;2-5,13H,6-8H2,1H3,(H,12,14). The number of carbonyl (C=O) groups excluding carboxylic acids is 2. The lowest BCUT2D eigenvalue weighted by molar-refractivity contribution is -0.131. The minimum atomic E-state index is -0.862. The molecule has 0 fully saturated rings. The number of fused-ring (bicyclic) bond motifs is 3. The van der Waals surface area contributed by atoms with E-state index in [0.29, 0.717) is 42.5 Å². The Balaban J connectivity index is 0.000000291. The normalized spacial score (nSPS) is 11.4. The number of aromatic nitrogens is 1. The van der Waals surface area contributed by atoms with Crippen molar-refractivity contribution in [3.63, 3.8) is 0 Å². The van der Waals surface area contributed by atoms with E-state index in [1.54, 1.807) is 24.3 Å². The molecular formula is C37H43N3O8. The van der Waals surface area contributed by atoms with E-state index in [9.17, 15) is 19.8 Å². The number of amides is 2. The fraction of sp³-hybridized carbons (Fsp3) is 0.297. The quantitative estimate of drug-likeness (QED) is 0.105. The first-order chi connectivity index (χ1) is 23.3. The third-order valence-electron chi connectivity index (χ3n) is 7.44. The van der Waals surface area contributed by atoms with Crippen molar-refractivity contribution in [2.45, 2.75) is 33.2 Å². The van der Waals surface area contributed by atoms with E-state index < -0.39 is 6.10 Å². The number of hydrogen-bond acceptors (Lipinski definition) is 8. The second-order valence-corrected chi connectivity index (χ2v) is 11.0. The largest absolute Gasteiger partial charge is 0.491 e. The van der Waals surface area contributed by atoms with Crippen molar-refractivity contribution < 1.29 is 39.1 Å². The second kappa shape index (κ2) is 18.3. The SMILES string of the molecule is CC(=O)N(CCOc1ccccc1CO)CC(O)COc1cccc2[nH]c3ccccc3c12.CC(=O)NCCOc1ccccc1CO. The van der Waals surface area contributed by atoms with Crippen LogP contribution in [0.15, 0.2) is 91.0 Å². The van der Waals surface area contributed by atoms with Gasteiger partial charge in [0.15, 0.2) is 0 Å². The molecule has 0 saturated heterocycles. The van der Waals surface area contributed by atoms with Gasteiger partial charge in [-0.3, -0.25) is 9.59 Å². The number of ether oxygens (including phenoxy) is 3. The maximum absolute atomic E-state index is 12.1. The van der Waals surface area contributed by atoms with Crippen LogP contribution in [0.2, 0.25) is 0 Å². The first-order valence-electron chi connectivity index (χ1n) is 15.7. The zero-order valence-corrected chi connectivity index (χ0v) is 27.2. The fourth-order valence-electron chi connectivity index (χ4n) is 5.06. The lowest BCUT2D eigenvalue weighted by atomic mass is 10.1. The van der Waals surface area contributed by atoms with Crippen molar-refractivity contribution in [3.8, 4) is 17.2 Å². The van der Waals surface area contributed by atoms with Gasteiger partial charge < -0.3 is 44.7 Å². The van der Waals surface area contributed by atoms with Gasteiger partial charge in [-0.25, -0.2) is 0 Å². The van der Waals surface area contributed by atoms with Crippen LogP contribution in [0, 0.1) is 0 Å². The van der Waals surface area contributed by atoms with Gasteiger partial charge in [0, 0.05) is 41.3 Å². The first kappa shape index (κ1) is 35.7. The number of benzene rings is 4. The summed E-state index contributed by atoms with van der Waals surface area (Å²) in [7, 11) is 0. The molecular weight excluding hydrogens is 614 g/mol. The highest BCUT2D eigenvalue weighted by Gasteiger charge is 2.17. The third kappa shape index (κ3) is 10.2. The summed E-state index contributed by atoms with van der Waals surface area (Å²) in [5, 5.41) is 33.6. The molecule has 5 aromatic rings. The van der Waals surface area contributed by atoms with E-state index >= 15 is 0 Å². The van der Waals surface area contributed by atoms with Crippen molar-refractivity contribution >= 4 is 33.6 Å². The minimum Gasteiger partial charge on any atom is -0.491 e. The van der Waals surface area contributed by atoms with E-state index in [0.717, 1.165) is 27.4 Å². The van der Waals surface area contributed by atoms with Crippen LogP contribution in [0.5, 0.6) is 17.2 Å². The maximum atomic E-state index is 12.1. The number of H-pyrrole nitrogens is 1. The van der Waals surface area contributed by atoms with Gasteiger partial charge >= 0.3 is 0 Å². The van der Waals surface area contributed by atoms with Gasteiger partial charge in [0.2, 0.25) is 11.8 Å². The molecule has 254 valence electrons. The molecule has 11 heteroatoms. The minimum absolute atomic E-state index is 0.0453. The highest BCUT2D eigenvalue weighted by molar-refractivity contribution is 6.10. The fourth-order valence-corrected chi connectivity index (χ4v) is 5.06. The summed E-state index contributed by atoms with van der Waals surface area (Å²) < 4.78 is 17.1. The van der Waals surface area contributed by atoms with E-state index in [4.69, 9.17) is 19.3 Å². The molecule has 2 amide bonds. The Morgan fingerprint density at radius 1 is 0.750 bits per heavy atom. The Labute approximate surface area is 279 Å². The molecule has 0 bridgehead atoms. The van der Waals surface area contributed by atoms with Crippen molar-refractivity contribution in [2.75, 3.05) is 39.5 Å². The molecule has 5 N–H and O–H groups in total. The lowest BCUT2D eigenvalue weighted by Crippen LogP contribution is -2.40. The summed E-state index contributed by atoms with van der Waals surface area (Å²) in [6.07, 6.45) is -0.862. The Kier molecular flexibility index (Phi) is 13.6. The van der Waals surface area contributed by atoms with Crippen molar-refractivity contribution in [1.29, 1.82) is 0 Å². The molecule has 0 radical (unpaired) electrons. The van der Waals surface area contributed by atoms with Crippen LogP contribution in [0.25, 0.3) is 21.8 Å². The summed E-state index contributed by atoms with van der Waals surface area (Å²) in [5.41, 5.74) is 3.43. The summed E-state index contributed by atoms with van der Waals surface area (Å²) in [6, 6.07) is 28.3. The van der Waals surface area contributed by atoms with Crippen LogP contribution in [-0.4, -0.2) is 82.6 Å². The number of para-hydroxylation sites is 3. The van der Waals surface area contributed by atoms with Crippen LogP contribution in [0.3, 0.4) is 0 Å². The van der Waals surface area contributed by atoms with Crippen molar-refractivity contribution in [1.82, 2.24) is 15.2 Å². The number of aliphatic hydroxyl groups excluding tert-OH is 3. The average Bonchev–Trinajstić information content (AvgIpc) is 3.48. The third-order valence-corrected chi connectivity index (χ3v) is 7.44. The van der Waals surface area contributed by atoms with Gasteiger partial charge in [-0.1, -0.05) is 60.7 Å². The monoisotopic (exact) mass is 657 g/mol. The van der Waals surface area contributed by atoms with Crippen LogP contribution in [0.4, 0.5) is 0 Å². The highest BCUT2D eigenvalue weighted by Crippen LogP contribution is 2.33. The molecule has 5 rings (SSSR count). The average molecular weight is 658 g/mol. The molecule has 1 unspecified atom stereocenters. The molecule has 0 saturated carbocycles. The maximum Gasteiger partial charge on any atom is 0.219 e. The van der Waals surface area contributed by atoms with Gasteiger partial charge in [-0.2, -0.15) is 0 Å². The van der Waals surface area contributed by atoms with Gasteiger partial charge in [0.25, 0.3) is 0 Å². The van der Waals surface area contributed by atoms with Crippen molar-refractivity contribution in [2.24, 2.45) is 0 Å². The number of nitrogens with one attached hydrogen (secondary N) is 2. The summed E-state index contributed by atoms with van der Waals surface area (Å²) >= 11 is 0. The van der Waals surface area contributed by atoms with E-state index in [2.05, 4.69) is 10.3 Å². The molecule has 0 aliphatic carbocycles. The Morgan fingerprint density at radius 3 is 1.98 bits per heavy atom. The number of hydrogen-bond donors (Lipinski definition) is 5. The molecule has 1 heterocycles. The van der Waals surface area contributed by atoms with E-state index in [1.807, 2.05) is 66.7 Å². The van der Waals surface area contributed by atoms with Crippen molar-refractivity contribution in [3.05, 3.63) is 102 Å². The molecule has 4 aromatic carbocycles. The second-order valence-electron chi connectivity index (χ2n) is 11.0. The zero-order chi connectivity index (χ0) is 34.3. The molecule has 0 aliphatic heterocycles. The Morgan fingerprint density at radius 2 is 1.33 bits per heavy atom. The zero-order valence-electron chi connectivity index (χ0n) is 27.2. The van der Waals surface area contributed by atoms with Gasteiger partial charge in [-0.05, 0) is 30.3 Å². The summed E-state index contributed by atoms with van der Waals surface area (Å²) in [5.74, 6) is 1.69. The Bertz CT molecular complexity index is 1770. The topological polar surface area (TPSA) is 154 Å². The van der Waals surface area contributed by atoms with E-state index in [1.165, 1.54) is 18.7 Å². The van der Waals surface area contributed by atoms with Gasteiger partial charge in [0.1, 0.15) is 43.2 Å². The molecule has 0 aliphatic rings. The van der Waals surface area contributed by atoms with Crippen LogP contribution in [-0.2, 0) is 22.8 Å². The number of aliphatic hydroxyl groups is 3. The molecule has 1 atom stereocenters. The molecule has 0 spiro atoms. The molecule has 48 heavy (non-hydrogen) atoms. The predicted molar refractivity (Wildman–Crippen MR) is 184 cm³/mol. The number of carbonyl (C=O) groups is 2. The highest BCUT2D eigenvalue weighted by atomic mass is 16.5. The molecule has 11 nitrogen and oxygen atoms in total. The van der Waals surface area contributed by atoms with Crippen LogP contribution < -0.4 is 19.5 Å².